The van der Waals surface area contributed by atoms with Gasteiger partial charge in [-0.25, -0.2) is 4.98 Å². The van der Waals surface area contributed by atoms with Crippen LogP contribution in [-0.2, 0) is 12.8 Å². The molecule has 0 aliphatic carbocycles. The van der Waals surface area contributed by atoms with E-state index in [0.29, 0.717) is 0 Å². The minimum absolute atomic E-state index is 0.776. The topological polar surface area (TPSA) is 41.6 Å². The molecule has 0 saturated heterocycles. The molecule has 0 atom stereocenters. The number of hydrogen-bond donors (Lipinski definition) is 1. The molecule has 3 nitrogen and oxygen atoms in total. The Labute approximate surface area is 161 Å². The number of aromatic nitrogens is 3. The average Bonchev–Trinajstić information content (AvgIpc) is 3.01. The molecule has 130 valence electrons. The smallest absolute Gasteiger partial charge is 0.111 e. The maximum absolute atomic E-state index is 4.90. The molecule has 0 aliphatic heterocycles. The van der Waals surface area contributed by atoms with Crippen molar-refractivity contribution < 1.29 is 0 Å². The van der Waals surface area contributed by atoms with E-state index in [1.807, 2.05) is 24.5 Å². The molecule has 2 aromatic heterocycles. The van der Waals surface area contributed by atoms with Crippen molar-refractivity contribution in [3.63, 3.8) is 0 Å². The van der Waals surface area contributed by atoms with Crippen molar-refractivity contribution in [3.8, 4) is 0 Å². The second kappa shape index (κ2) is 7.04. The van der Waals surface area contributed by atoms with Crippen LogP contribution in [0.2, 0.25) is 0 Å². The molecular weight excluding hydrogens is 386 g/mol. The zero-order chi connectivity index (χ0) is 18.1. The second-order valence-electron chi connectivity index (χ2n) is 6.78. The fourth-order valence-electron chi connectivity index (χ4n) is 3.31. The monoisotopic (exact) mass is 405 g/mol. The number of halogens is 1. The first-order chi connectivity index (χ1) is 12.6. The number of hydrogen-bond acceptors (Lipinski definition) is 2. The molecule has 0 unspecified atom stereocenters. The van der Waals surface area contributed by atoms with Gasteiger partial charge in [0.15, 0.2) is 0 Å². The van der Waals surface area contributed by atoms with E-state index < -0.39 is 0 Å². The Morgan fingerprint density at radius 3 is 2.54 bits per heavy atom. The summed E-state index contributed by atoms with van der Waals surface area (Å²) in [6.45, 7) is 4.31. The minimum atomic E-state index is 0.776. The molecule has 26 heavy (non-hydrogen) atoms. The summed E-state index contributed by atoms with van der Waals surface area (Å²) in [5, 5.41) is 0. The number of rotatable bonds is 4. The maximum Gasteiger partial charge on any atom is 0.111 e. The molecule has 0 saturated carbocycles. The van der Waals surface area contributed by atoms with Crippen molar-refractivity contribution in [2.24, 2.45) is 0 Å². The Hall–Kier alpha value is -2.46. The number of nitrogens with one attached hydrogen (secondary N) is 1. The van der Waals surface area contributed by atoms with Gasteiger partial charge in [0, 0.05) is 23.3 Å². The largest absolute Gasteiger partial charge is 0.342 e. The van der Waals surface area contributed by atoms with Gasteiger partial charge in [-0.3, -0.25) is 4.98 Å². The van der Waals surface area contributed by atoms with E-state index in [2.05, 4.69) is 70.1 Å². The zero-order valence-electron chi connectivity index (χ0n) is 14.9. The normalized spacial score (nSPS) is 11.2. The molecule has 4 heteroatoms. The van der Waals surface area contributed by atoms with Gasteiger partial charge in [-0.05, 0) is 66.8 Å². The summed E-state index contributed by atoms with van der Waals surface area (Å²) in [6.07, 6.45) is 5.29. The predicted molar refractivity (Wildman–Crippen MR) is 110 cm³/mol. The van der Waals surface area contributed by atoms with Crippen LogP contribution in [0.5, 0.6) is 0 Å². The number of imidazole rings is 1. The van der Waals surface area contributed by atoms with Crippen molar-refractivity contribution in [2.75, 3.05) is 0 Å². The van der Waals surface area contributed by atoms with Crippen LogP contribution in [0.1, 0.15) is 33.6 Å². The molecular formula is C22H20BrN3. The van der Waals surface area contributed by atoms with Gasteiger partial charge in [0.25, 0.3) is 0 Å². The van der Waals surface area contributed by atoms with Gasteiger partial charge in [0.05, 0.1) is 11.0 Å². The van der Waals surface area contributed by atoms with E-state index >= 15 is 0 Å². The lowest BCUT2D eigenvalue weighted by atomic mass is 9.98. The van der Waals surface area contributed by atoms with E-state index in [1.54, 1.807) is 0 Å². The molecule has 0 radical (unpaired) electrons. The fourth-order valence-corrected chi connectivity index (χ4v) is 3.81. The molecule has 0 amide bonds. The van der Waals surface area contributed by atoms with Crippen molar-refractivity contribution in [3.05, 3.63) is 93.0 Å². The van der Waals surface area contributed by atoms with E-state index in [4.69, 9.17) is 4.98 Å². The second-order valence-corrected chi connectivity index (χ2v) is 7.70. The van der Waals surface area contributed by atoms with Gasteiger partial charge >= 0.3 is 0 Å². The van der Waals surface area contributed by atoms with E-state index in [-0.39, 0.29) is 0 Å². The van der Waals surface area contributed by atoms with Crippen LogP contribution in [0.4, 0.5) is 0 Å². The average molecular weight is 406 g/mol. The standard InChI is InChI=1S/C22H20BrN3/c1-14-3-4-15(2)17(9-14)11-18-12-19(23)13-20-22(18)26-21(25-20)10-16-5-7-24-8-6-16/h3-9,12-13H,10-11H2,1-2H3,(H,25,26). The van der Waals surface area contributed by atoms with Gasteiger partial charge in [-0.1, -0.05) is 39.7 Å². The van der Waals surface area contributed by atoms with E-state index in [0.717, 1.165) is 34.2 Å². The van der Waals surface area contributed by atoms with Crippen LogP contribution >= 0.6 is 15.9 Å². The lowest BCUT2D eigenvalue weighted by Crippen LogP contribution is -1.95. The lowest BCUT2D eigenvalue weighted by molar-refractivity contribution is 1.03. The summed E-state index contributed by atoms with van der Waals surface area (Å²) in [5.41, 5.74) is 8.52. The van der Waals surface area contributed by atoms with Gasteiger partial charge < -0.3 is 4.98 Å². The van der Waals surface area contributed by atoms with Crippen LogP contribution in [0.3, 0.4) is 0 Å². The van der Waals surface area contributed by atoms with Gasteiger partial charge in [0.1, 0.15) is 5.82 Å². The van der Waals surface area contributed by atoms with Gasteiger partial charge in [0.2, 0.25) is 0 Å². The Morgan fingerprint density at radius 1 is 0.923 bits per heavy atom. The summed E-state index contributed by atoms with van der Waals surface area (Å²) in [6, 6.07) is 15.0. The van der Waals surface area contributed by atoms with E-state index in [9.17, 15) is 0 Å². The molecule has 0 fully saturated rings. The lowest BCUT2D eigenvalue weighted by Gasteiger charge is -2.08. The third-order valence-corrected chi connectivity index (χ3v) is 5.14. The van der Waals surface area contributed by atoms with Gasteiger partial charge in [-0.2, -0.15) is 0 Å². The van der Waals surface area contributed by atoms with Crippen LogP contribution in [0, 0.1) is 13.8 Å². The highest BCUT2D eigenvalue weighted by atomic mass is 79.9. The Kier molecular flexibility index (Phi) is 4.60. The predicted octanol–water partition coefficient (Wildman–Crippen LogP) is 5.52. The number of pyridine rings is 1. The van der Waals surface area contributed by atoms with Crippen LogP contribution < -0.4 is 0 Å². The summed E-state index contributed by atoms with van der Waals surface area (Å²) < 4.78 is 1.07. The summed E-state index contributed by atoms with van der Waals surface area (Å²) in [7, 11) is 0. The van der Waals surface area contributed by atoms with Gasteiger partial charge in [-0.15, -0.1) is 0 Å². The number of nitrogens with zero attached hydrogens (tertiary/aromatic N) is 2. The molecule has 0 aliphatic rings. The number of aryl methyl sites for hydroxylation is 2. The number of aromatic amines is 1. The number of fused-ring (bicyclic) bond motifs is 1. The molecule has 4 rings (SSSR count). The minimum Gasteiger partial charge on any atom is -0.342 e. The van der Waals surface area contributed by atoms with Crippen molar-refractivity contribution in [1.29, 1.82) is 0 Å². The van der Waals surface area contributed by atoms with Crippen molar-refractivity contribution in [1.82, 2.24) is 15.0 Å². The molecule has 2 heterocycles. The molecule has 1 N–H and O–H groups in total. The van der Waals surface area contributed by atoms with Crippen molar-refractivity contribution in [2.45, 2.75) is 26.7 Å². The Bertz CT molecular complexity index is 1070. The Balaban J connectivity index is 1.73. The third-order valence-electron chi connectivity index (χ3n) is 4.69. The van der Waals surface area contributed by atoms with Crippen LogP contribution in [0.25, 0.3) is 11.0 Å². The molecule has 0 bridgehead atoms. The molecule has 2 aromatic carbocycles. The fraction of sp³-hybridized carbons (Fsp3) is 0.182. The highest BCUT2D eigenvalue weighted by Crippen LogP contribution is 2.26. The first-order valence-corrected chi connectivity index (χ1v) is 9.50. The quantitative estimate of drug-likeness (QED) is 0.485. The van der Waals surface area contributed by atoms with Crippen LogP contribution in [-0.4, -0.2) is 15.0 Å². The van der Waals surface area contributed by atoms with Crippen LogP contribution in [0.15, 0.2) is 59.3 Å². The summed E-state index contributed by atoms with van der Waals surface area (Å²) in [5.74, 6) is 0.978. The SMILES string of the molecule is Cc1ccc(C)c(Cc2cc(Br)cc3[nH]c(Cc4ccncc4)nc23)c1. The first kappa shape index (κ1) is 17.0. The Morgan fingerprint density at radius 2 is 1.73 bits per heavy atom. The maximum atomic E-state index is 4.90. The number of H-pyrrole nitrogens is 1. The third kappa shape index (κ3) is 3.56. The van der Waals surface area contributed by atoms with E-state index in [1.165, 1.54) is 27.8 Å². The number of benzene rings is 2. The summed E-state index contributed by atoms with van der Waals surface area (Å²) in [4.78, 5) is 12.5. The highest BCUT2D eigenvalue weighted by molar-refractivity contribution is 9.10. The summed E-state index contributed by atoms with van der Waals surface area (Å²) >= 11 is 3.65. The highest BCUT2D eigenvalue weighted by Gasteiger charge is 2.11. The first-order valence-electron chi connectivity index (χ1n) is 8.70. The van der Waals surface area contributed by atoms with Crippen molar-refractivity contribution >= 4 is 27.0 Å². The molecule has 4 aromatic rings. The zero-order valence-corrected chi connectivity index (χ0v) is 16.5. The molecule has 0 spiro atoms.